The number of nitriles is 1. The van der Waals surface area contributed by atoms with Crippen LogP contribution >= 0.6 is 11.6 Å². The first kappa shape index (κ1) is 13.7. The molecule has 0 unspecified atom stereocenters. The van der Waals surface area contributed by atoms with Crippen LogP contribution in [0.5, 0.6) is 0 Å². The molecule has 0 saturated heterocycles. The van der Waals surface area contributed by atoms with Crippen LogP contribution in [0.25, 0.3) is 11.0 Å². The smallest absolute Gasteiger partial charge is 0.214 e. The zero-order valence-electron chi connectivity index (χ0n) is 11.7. The number of nitrogens with zero attached hydrogens (tertiary/aromatic N) is 4. The van der Waals surface area contributed by atoms with E-state index < -0.39 is 0 Å². The molecule has 3 rings (SSSR count). The van der Waals surface area contributed by atoms with Crippen molar-refractivity contribution in [3.05, 3.63) is 46.9 Å². The molecule has 0 aliphatic carbocycles. The van der Waals surface area contributed by atoms with E-state index in [0.717, 1.165) is 28.3 Å². The van der Waals surface area contributed by atoms with Gasteiger partial charge >= 0.3 is 0 Å². The molecule has 2 aromatic heterocycles. The van der Waals surface area contributed by atoms with Gasteiger partial charge in [0.05, 0.1) is 34.2 Å². The normalized spacial score (nSPS) is 11.0. The maximum Gasteiger partial charge on any atom is 0.214 e. The maximum absolute atomic E-state index is 9.04. The predicted molar refractivity (Wildman–Crippen MR) is 79.1 cm³/mol. The molecule has 3 aromatic rings. The summed E-state index contributed by atoms with van der Waals surface area (Å²) in [5, 5.41) is 9.04. The lowest BCUT2D eigenvalue weighted by Gasteiger charge is -2.04. The van der Waals surface area contributed by atoms with E-state index in [0.29, 0.717) is 18.0 Å². The Morgan fingerprint density at radius 2 is 2.14 bits per heavy atom. The summed E-state index contributed by atoms with van der Waals surface area (Å²) in [7, 11) is 0. The highest BCUT2D eigenvalue weighted by Crippen LogP contribution is 2.21. The monoisotopic (exact) mass is 300 g/mol. The minimum absolute atomic E-state index is 0.287. The standard InChI is InChI=1S/C15H13ClN4O/c1-9-10(2)21-15(18-9)8-20-13-5-11(7-17)3-4-12(13)19-14(20)6-16/h3-5H,6,8H2,1-2H3. The molecule has 0 bridgehead atoms. The molecule has 0 saturated carbocycles. The maximum atomic E-state index is 9.04. The van der Waals surface area contributed by atoms with E-state index >= 15 is 0 Å². The van der Waals surface area contributed by atoms with Gasteiger partial charge in [-0.2, -0.15) is 5.26 Å². The third-order valence-corrected chi connectivity index (χ3v) is 3.68. The van der Waals surface area contributed by atoms with Gasteiger partial charge in [-0.05, 0) is 32.0 Å². The second kappa shape index (κ2) is 5.23. The summed E-state index contributed by atoms with van der Waals surface area (Å²) in [6.07, 6.45) is 0. The SMILES string of the molecule is Cc1nc(Cn2c(CCl)nc3ccc(C#N)cc32)oc1C. The highest BCUT2D eigenvalue weighted by molar-refractivity contribution is 6.16. The predicted octanol–water partition coefficient (Wildman–Crippen LogP) is 3.30. The zero-order chi connectivity index (χ0) is 15.0. The van der Waals surface area contributed by atoms with Crippen molar-refractivity contribution < 1.29 is 4.42 Å². The average Bonchev–Trinajstić information content (AvgIpc) is 2.99. The second-order valence-electron chi connectivity index (χ2n) is 4.81. The summed E-state index contributed by atoms with van der Waals surface area (Å²) in [5.41, 5.74) is 3.13. The van der Waals surface area contributed by atoms with E-state index in [2.05, 4.69) is 16.0 Å². The van der Waals surface area contributed by atoms with Gasteiger partial charge in [-0.15, -0.1) is 11.6 Å². The summed E-state index contributed by atoms with van der Waals surface area (Å²) in [6.45, 7) is 4.24. The van der Waals surface area contributed by atoms with Gasteiger partial charge in [0, 0.05) is 0 Å². The minimum Gasteiger partial charge on any atom is -0.444 e. The van der Waals surface area contributed by atoms with Crippen molar-refractivity contribution >= 4 is 22.6 Å². The molecule has 0 amide bonds. The summed E-state index contributed by atoms with van der Waals surface area (Å²) >= 11 is 5.98. The molecule has 106 valence electrons. The first-order chi connectivity index (χ1) is 10.1. The van der Waals surface area contributed by atoms with Gasteiger partial charge in [0.2, 0.25) is 5.89 Å². The molecule has 0 radical (unpaired) electrons. The highest BCUT2D eigenvalue weighted by atomic mass is 35.5. The second-order valence-corrected chi connectivity index (χ2v) is 5.08. The zero-order valence-corrected chi connectivity index (χ0v) is 12.5. The number of benzene rings is 1. The van der Waals surface area contributed by atoms with Crippen LogP contribution < -0.4 is 0 Å². The van der Waals surface area contributed by atoms with Crippen molar-refractivity contribution in [2.75, 3.05) is 0 Å². The van der Waals surface area contributed by atoms with Gasteiger partial charge in [-0.1, -0.05) is 0 Å². The van der Waals surface area contributed by atoms with Crippen LogP contribution in [0, 0.1) is 25.2 Å². The van der Waals surface area contributed by atoms with E-state index in [1.54, 1.807) is 12.1 Å². The molecule has 0 fully saturated rings. The fraction of sp³-hybridized carbons (Fsp3) is 0.267. The number of aryl methyl sites for hydroxylation is 2. The molecule has 5 nitrogen and oxygen atoms in total. The van der Waals surface area contributed by atoms with Crippen molar-refractivity contribution in [3.63, 3.8) is 0 Å². The van der Waals surface area contributed by atoms with Gasteiger partial charge in [-0.3, -0.25) is 0 Å². The lowest BCUT2D eigenvalue weighted by molar-refractivity contribution is 0.457. The molecular formula is C15H13ClN4O. The Bertz CT molecular complexity index is 837. The van der Waals surface area contributed by atoms with E-state index in [1.165, 1.54) is 0 Å². The molecule has 21 heavy (non-hydrogen) atoms. The third-order valence-electron chi connectivity index (χ3n) is 3.44. The molecule has 0 spiro atoms. The summed E-state index contributed by atoms with van der Waals surface area (Å²) in [4.78, 5) is 8.87. The Morgan fingerprint density at radius 3 is 2.76 bits per heavy atom. The van der Waals surface area contributed by atoms with Crippen molar-refractivity contribution in [3.8, 4) is 6.07 Å². The molecule has 1 aromatic carbocycles. The van der Waals surface area contributed by atoms with Gasteiger partial charge in [0.15, 0.2) is 0 Å². The van der Waals surface area contributed by atoms with Gasteiger partial charge < -0.3 is 8.98 Å². The summed E-state index contributed by atoms with van der Waals surface area (Å²) in [5.74, 6) is 2.43. The first-order valence-corrected chi connectivity index (χ1v) is 7.04. The van der Waals surface area contributed by atoms with Crippen LogP contribution in [0.3, 0.4) is 0 Å². The van der Waals surface area contributed by atoms with Crippen LogP contribution in [0.2, 0.25) is 0 Å². The Labute approximate surface area is 126 Å². The Hall–Kier alpha value is -2.32. The third kappa shape index (κ3) is 2.39. The van der Waals surface area contributed by atoms with Crippen molar-refractivity contribution in [2.24, 2.45) is 0 Å². The van der Waals surface area contributed by atoms with Crippen LogP contribution in [0.1, 0.15) is 28.7 Å². The lowest BCUT2D eigenvalue weighted by atomic mass is 10.2. The van der Waals surface area contributed by atoms with Gasteiger partial charge in [-0.25, -0.2) is 9.97 Å². The number of aromatic nitrogens is 3. The number of halogens is 1. The number of hydrogen-bond acceptors (Lipinski definition) is 4. The average molecular weight is 301 g/mol. The fourth-order valence-electron chi connectivity index (χ4n) is 2.26. The molecule has 0 aliphatic rings. The van der Waals surface area contributed by atoms with Crippen molar-refractivity contribution in [2.45, 2.75) is 26.3 Å². The topological polar surface area (TPSA) is 67.6 Å². The molecule has 2 heterocycles. The number of rotatable bonds is 3. The number of fused-ring (bicyclic) bond motifs is 1. The number of alkyl halides is 1. The lowest BCUT2D eigenvalue weighted by Crippen LogP contribution is -2.04. The summed E-state index contributed by atoms with van der Waals surface area (Å²) in [6, 6.07) is 7.52. The van der Waals surface area contributed by atoms with Crippen molar-refractivity contribution in [1.29, 1.82) is 5.26 Å². The fourth-order valence-corrected chi connectivity index (χ4v) is 2.47. The van der Waals surface area contributed by atoms with Crippen molar-refractivity contribution in [1.82, 2.24) is 14.5 Å². The molecular weight excluding hydrogens is 288 g/mol. The molecule has 0 atom stereocenters. The van der Waals surface area contributed by atoms with E-state index in [9.17, 15) is 0 Å². The molecule has 0 N–H and O–H groups in total. The summed E-state index contributed by atoms with van der Waals surface area (Å²) < 4.78 is 7.56. The van der Waals surface area contributed by atoms with Crippen LogP contribution in [-0.2, 0) is 12.4 Å². The van der Waals surface area contributed by atoms with E-state index in [4.69, 9.17) is 21.3 Å². The van der Waals surface area contributed by atoms with Gasteiger partial charge in [0.25, 0.3) is 0 Å². The molecule has 6 heteroatoms. The number of oxazole rings is 1. The van der Waals surface area contributed by atoms with Gasteiger partial charge in [0.1, 0.15) is 18.1 Å². The Kier molecular flexibility index (Phi) is 3.40. The Morgan fingerprint density at radius 1 is 1.33 bits per heavy atom. The van der Waals surface area contributed by atoms with Crippen LogP contribution in [-0.4, -0.2) is 14.5 Å². The Balaban J connectivity index is 2.12. The van der Waals surface area contributed by atoms with Crippen LogP contribution in [0.15, 0.2) is 22.6 Å². The number of imidazole rings is 1. The first-order valence-electron chi connectivity index (χ1n) is 6.50. The number of hydrogen-bond donors (Lipinski definition) is 0. The largest absolute Gasteiger partial charge is 0.444 e. The van der Waals surface area contributed by atoms with E-state index in [1.807, 2.05) is 24.5 Å². The minimum atomic E-state index is 0.287. The quantitative estimate of drug-likeness (QED) is 0.696. The highest BCUT2D eigenvalue weighted by Gasteiger charge is 2.14. The van der Waals surface area contributed by atoms with E-state index in [-0.39, 0.29) is 5.88 Å². The van der Waals surface area contributed by atoms with Crippen LogP contribution in [0.4, 0.5) is 0 Å². The molecule has 0 aliphatic heterocycles.